The highest BCUT2D eigenvalue weighted by Gasteiger charge is 2.11. The van der Waals surface area contributed by atoms with Crippen molar-refractivity contribution < 1.29 is 4.79 Å². The second-order valence-corrected chi connectivity index (χ2v) is 4.35. The molecule has 0 spiro atoms. The number of nitrogens with zero attached hydrogens (tertiary/aromatic N) is 1. The quantitative estimate of drug-likeness (QED) is 0.477. The van der Waals surface area contributed by atoms with Crippen molar-refractivity contribution >= 4 is 23.5 Å². The topological polar surface area (TPSA) is 40.9 Å². The fraction of sp³-hybridized carbons (Fsp3) is 0. The molecule has 0 heterocycles. The largest absolute Gasteiger partial charge is 0.288 e. The number of rotatable bonds is 3. The van der Waals surface area contributed by atoms with E-state index >= 15 is 0 Å². The number of benzene rings is 2. The molecule has 19 heavy (non-hydrogen) atoms. The van der Waals surface area contributed by atoms with E-state index in [-0.39, 0.29) is 11.4 Å². The maximum atomic E-state index is 12.2. The van der Waals surface area contributed by atoms with Gasteiger partial charge in [-0.3, -0.25) is 4.79 Å². The third-order valence-electron chi connectivity index (χ3n) is 2.58. The van der Waals surface area contributed by atoms with Crippen molar-refractivity contribution in [3.05, 3.63) is 76.3 Å². The molecule has 2 aromatic carbocycles. The molecule has 2 aromatic rings. The number of ketones is 1. The van der Waals surface area contributed by atoms with Gasteiger partial charge in [0.25, 0.3) is 0 Å². The number of Topliss-reactive ketones (excluding diaryl/α,β-unsaturated/α-hetero) is 1. The number of allylic oxidation sites excluding steroid dienone is 1. The first kappa shape index (κ1) is 13.1. The van der Waals surface area contributed by atoms with Crippen LogP contribution in [-0.2, 0) is 0 Å². The van der Waals surface area contributed by atoms with Crippen LogP contribution in [0.3, 0.4) is 0 Å². The van der Waals surface area contributed by atoms with E-state index in [4.69, 9.17) is 16.9 Å². The summed E-state index contributed by atoms with van der Waals surface area (Å²) in [6.45, 7) is 0. The van der Waals surface area contributed by atoms with Crippen LogP contribution in [0, 0.1) is 11.3 Å². The van der Waals surface area contributed by atoms with E-state index in [1.165, 1.54) is 0 Å². The van der Waals surface area contributed by atoms with E-state index < -0.39 is 0 Å². The first-order valence-electron chi connectivity index (χ1n) is 5.68. The minimum absolute atomic E-state index is 0.105. The van der Waals surface area contributed by atoms with Gasteiger partial charge in [0.05, 0.1) is 0 Å². The fourth-order valence-electron chi connectivity index (χ4n) is 1.62. The lowest BCUT2D eigenvalue weighted by Gasteiger charge is -2.00. The molecule has 0 aliphatic carbocycles. The van der Waals surface area contributed by atoms with Crippen molar-refractivity contribution in [2.45, 2.75) is 0 Å². The first-order chi connectivity index (χ1) is 9.20. The second kappa shape index (κ2) is 5.99. The van der Waals surface area contributed by atoms with E-state index in [1.807, 2.05) is 36.4 Å². The van der Waals surface area contributed by atoms with Crippen LogP contribution < -0.4 is 0 Å². The lowest BCUT2D eigenvalue weighted by Crippen LogP contribution is -2.01. The van der Waals surface area contributed by atoms with Crippen LogP contribution >= 0.6 is 11.6 Å². The molecule has 0 amide bonds. The van der Waals surface area contributed by atoms with Gasteiger partial charge < -0.3 is 0 Å². The van der Waals surface area contributed by atoms with Gasteiger partial charge in [-0.25, -0.2) is 0 Å². The Morgan fingerprint density at radius 2 is 1.68 bits per heavy atom. The molecule has 0 saturated heterocycles. The fourth-order valence-corrected chi connectivity index (χ4v) is 1.75. The van der Waals surface area contributed by atoms with Crippen LogP contribution in [0.25, 0.3) is 6.08 Å². The Hall–Kier alpha value is -2.37. The molecule has 0 bridgehead atoms. The summed E-state index contributed by atoms with van der Waals surface area (Å²) in [6.07, 6.45) is 1.58. The van der Waals surface area contributed by atoms with Crippen LogP contribution in [0.1, 0.15) is 15.9 Å². The zero-order valence-electron chi connectivity index (χ0n) is 10.0. The number of hydrogen-bond acceptors (Lipinski definition) is 2. The maximum absolute atomic E-state index is 12.2. The molecule has 0 aliphatic rings. The normalized spacial score (nSPS) is 10.8. The summed E-state index contributed by atoms with van der Waals surface area (Å²) in [6, 6.07) is 17.7. The zero-order valence-corrected chi connectivity index (χ0v) is 10.8. The van der Waals surface area contributed by atoms with Crippen LogP contribution in [-0.4, -0.2) is 5.78 Å². The molecular formula is C16H10ClNO. The third kappa shape index (κ3) is 3.31. The molecule has 0 N–H and O–H groups in total. The minimum atomic E-state index is -0.303. The second-order valence-electron chi connectivity index (χ2n) is 3.92. The lowest BCUT2D eigenvalue weighted by atomic mass is 10.0. The highest BCUT2D eigenvalue weighted by molar-refractivity contribution is 6.30. The summed E-state index contributed by atoms with van der Waals surface area (Å²) < 4.78 is 0. The van der Waals surface area contributed by atoms with Gasteiger partial charge in [-0.2, -0.15) is 5.26 Å². The molecule has 92 valence electrons. The Morgan fingerprint density at radius 1 is 1.05 bits per heavy atom. The number of halogens is 1. The predicted molar refractivity (Wildman–Crippen MR) is 75.8 cm³/mol. The molecule has 2 rings (SSSR count). The molecule has 0 unspecified atom stereocenters. The average Bonchev–Trinajstić information content (AvgIpc) is 2.46. The number of nitriles is 1. The summed E-state index contributed by atoms with van der Waals surface area (Å²) in [5.74, 6) is -0.303. The zero-order chi connectivity index (χ0) is 13.7. The Morgan fingerprint density at radius 3 is 2.26 bits per heavy atom. The standard InChI is InChI=1S/C16H10ClNO/c17-15-8-6-13(7-9-15)16(19)14(11-18)10-12-4-2-1-3-5-12/h1-10H/b14-10+. The van der Waals surface area contributed by atoms with E-state index in [1.54, 1.807) is 30.3 Å². The van der Waals surface area contributed by atoms with Gasteiger partial charge in [0.1, 0.15) is 11.6 Å². The summed E-state index contributed by atoms with van der Waals surface area (Å²) in [5, 5.41) is 9.67. The number of hydrogen-bond donors (Lipinski definition) is 0. The van der Waals surface area contributed by atoms with Crippen molar-refractivity contribution in [3.8, 4) is 6.07 Å². The van der Waals surface area contributed by atoms with Gasteiger partial charge in [-0.15, -0.1) is 0 Å². The van der Waals surface area contributed by atoms with E-state index in [9.17, 15) is 4.79 Å². The van der Waals surface area contributed by atoms with Crippen molar-refractivity contribution in [2.75, 3.05) is 0 Å². The Bertz CT molecular complexity index is 651. The number of carbonyl (C=O) groups is 1. The van der Waals surface area contributed by atoms with Gasteiger partial charge in [0.15, 0.2) is 0 Å². The maximum Gasteiger partial charge on any atom is 0.203 e. The summed E-state index contributed by atoms with van der Waals surface area (Å²) in [7, 11) is 0. The average molecular weight is 268 g/mol. The molecule has 0 aromatic heterocycles. The van der Waals surface area contributed by atoms with Gasteiger partial charge in [-0.05, 0) is 35.9 Å². The Kier molecular flexibility index (Phi) is 4.12. The summed E-state index contributed by atoms with van der Waals surface area (Å²) in [4.78, 5) is 12.2. The Labute approximate surface area is 116 Å². The van der Waals surface area contributed by atoms with Crippen molar-refractivity contribution in [1.82, 2.24) is 0 Å². The van der Waals surface area contributed by atoms with E-state index in [0.717, 1.165) is 5.56 Å². The van der Waals surface area contributed by atoms with Crippen molar-refractivity contribution in [2.24, 2.45) is 0 Å². The van der Waals surface area contributed by atoms with Crippen LogP contribution in [0.2, 0.25) is 5.02 Å². The molecule has 0 radical (unpaired) electrons. The minimum Gasteiger partial charge on any atom is -0.288 e. The third-order valence-corrected chi connectivity index (χ3v) is 2.83. The number of carbonyl (C=O) groups excluding carboxylic acids is 1. The van der Waals surface area contributed by atoms with Crippen LogP contribution in [0.15, 0.2) is 60.2 Å². The first-order valence-corrected chi connectivity index (χ1v) is 6.05. The monoisotopic (exact) mass is 267 g/mol. The molecule has 2 nitrogen and oxygen atoms in total. The van der Waals surface area contributed by atoms with Crippen LogP contribution in [0.5, 0.6) is 0 Å². The van der Waals surface area contributed by atoms with E-state index in [2.05, 4.69) is 0 Å². The molecule has 0 aliphatic heterocycles. The van der Waals surface area contributed by atoms with Gasteiger partial charge >= 0.3 is 0 Å². The van der Waals surface area contributed by atoms with E-state index in [0.29, 0.717) is 10.6 Å². The summed E-state index contributed by atoms with van der Waals surface area (Å²) in [5.41, 5.74) is 1.38. The SMILES string of the molecule is N#C/C(=C\c1ccccc1)C(=O)c1ccc(Cl)cc1. The summed E-state index contributed by atoms with van der Waals surface area (Å²) >= 11 is 5.77. The predicted octanol–water partition coefficient (Wildman–Crippen LogP) is 4.13. The highest BCUT2D eigenvalue weighted by Crippen LogP contribution is 2.15. The van der Waals surface area contributed by atoms with Crippen molar-refractivity contribution in [3.63, 3.8) is 0 Å². The van der Waals surface area contributed by atoms with Gasteiger partial charge in [0.2, 0.25) is 5.78 Å². The molecule has 0 saturated carbocycles. The Balaban J connectivity index is 2.33. The van der Waals surface area contributed by atoms with Gasteiger partial charge in [-0.1, -0.05) is 41.9 Å². The molecule has 0 fully saturated rings. The van der Waals surface area contributed by atoms with Crippen LogP contribution in [0.4, 0.5) is 0 Å². The molecule has 0 atom stereocenters. The van der Waals surface area contributed by atoms with Crippen molar-refractivity contribution in [1.29, 1.82) is 5.26 Å². The molecule has 3 heteroatoms. The lowest BCUT2D eigenvalue weighted by molar-refractivity contribution is 0.104. The smallest absolute Gasteiger partial charge is 0.203 e. The highest BCUT2D eigenvalue weighted by atomic mass is 35.5. The molecular weight excluding hydrogens is 258 g/mol. The van der Waals surface area contributed by atoms with Gasteiger partial charge in [0, 0.05) is 10.6 Å².